The third kappa shape index (κ3) is 3.93. The Morgan fingerprint density at radius 3 is 1.64 bits per heavy atom. The normalized spacial score (nSPS) is 34.5. The van der Waals surface area contributed by atoms with Gasteiger partial charge in [-0.05, 0) is 90.6 Å². The van der Waals surface area contributed by atoms with E-state index in [1.54, 1.807) is 0 Å². The summed E-state index contributed by atoms with van der Waals surface area (Å²) in [4.78, 5) is 0. The maximum Gasteiger partial charge on any atom is 0.0846 e. The largest absolute Gasteiger partial charge is 0.388 e. The van der Waals surface area contributed by atoms with E-state index in [1.165, 1.54) is 50.5 Å². The lowest BCUT2D eigenvalue weighted by atomic mass is 9.47. The summed E-state index contributed by atoms with van der Waals surface area (Å²) in [5, 5.41) is 11.5. The first kappa shape index (κ1) is 20.5. The molecule has 5 rings (SSSR count). The third-order valence-electron chi connectivity index (χ3n) is 8.18. The van der Waals surface area contributed by atoms with E-state index in [2.05, 4.69) is 65.8 Å². The Kier molecular flexibility index (Phi) is 5.01. The van der Waals surface area contributed by atoms with Crippen LogP contribution >= 0.6 is 0 Å². The van der Waals surface area contributed by atoms with Crippen LogP contribution in [0.5, 0.6) is 0 Å². The Balaban J connectivity index is 1.56. The fourth-order valence-corrected chi connectivity index (χ4v) is 7.31. The second kappa shape index (κ2) is 6.86. The number of benzene rings is 1. The minimum atomic E-state index is -0.273. The van der Waals surface area contributed by atoms with E-state index in [1.807, 2.05) is 0 Å². The number of hydrogen-bond acceptors (Lipinski definition) is 1. The Bertz CT molecular complexity index is 649. The van der Waals surface area contributed by atoms with E-state index in [0.717, 1.165) is 23.3 Å². The van der Waals surface area contributed by atoms with Crippen LogP contribution < -0.4 is 0 Å². The van der Waals surface area contributed by atoms with Gasteiger partial charge < -0.3 is 5.11 Å². The zero-order valence-corrected chi connectivity index (χ0v) is 19.1. The highest BCUT2D eigenvalue weighted by molar-refractivity contribution is 5.30. The molecule has 1 aromatic rings. The van der Waals surface area contributed by atoms with Crippen molar-refractivity contribution in [1.29, 1.82) is 0 Å². The van der Waals surface area contributed by atoms with E-state index in [9.17, 15) is 5.11 Å². The van der Waals surface area contributed by atoms with Crippen molar-refractivity contribution < 1.29 is 5.11 Å². The van der Waals surface area contributed by atoms with Gasteiger partial charge in [0.2, 0.25) is 0 Å². The highest BCUT2D eigenvalue weighted by atomic mass is 16.3. The molecule has 0 heterocycles. The molecule has 4 fully saturated rings. The number of aliphatic hydroxyl groups is 1. The van der Waals surface area contributed by atoms with Crippen LogP contribution in [0.1, 0.15) is 110 Å². The quantitative estimate of drug-likeness (QED) is 0.571. The predicted molar refractivity (Wildman–Crippen MR) is 118 cm³/mol. The first-order chi connectivity index (χ1) is 13.0. The van der Waals surface area contributed by atoms with Crippen molar-refractivity contribution >= 4 is 0 Å². The topological polar surface area (TPSA) is 20.2 Å². The molecule has 0 radical (unpaired) electrons. The summed E-state index contributed by atoms with van der Waals surface area (Å²) in [5.74, 6) is 3.20. The van der Waals surface area contributed by atoms with Gasteiger partial charge in [-0.1, -0.05) is 65.8 Å². The Morgan fingerprint density at radius 2 is 1.25 bits per heavy atom. The molecular formula is C27H42O. The van der Waals surface area contributed by atoms with E-state index in [4.69, 9.17) is 0 Å². The molecule has 1 N–H and O–H groups in total. The molecule has 4 saturated carbocycles. The van der Waals surface area contributed by atoms with Gasteiger partial charge in [-0.25, -0.2) is 0 Å². The van der Waals surface area contributed by atoms with Crippen molar-refractivity contribution in [2.24, 2.45) is 34.0 Å². The van der Waals surface area contributed by atoms with E-state index in [0.29, 0.717) is 11.3 Å². The molecule has 4 aliphatic rings. The van der Waals surface area contributed by atoms with Crippen LogP contribution in [-0.2, 0) is 0 Å². The fourth-order valence-electron chi connectivity index (χ4n) is 7.31. The summed E-state index contributed by atoms with van der Waals surface area (Å²) >= 11 is 0. The maximum atomic E-state index is 11.5. The standard InChI is InChI=1S/C27H42O/c1-25(2,3)17-23(26(4,5)6)21-7-9-22(10-8-21)24(28)27-14-18-11-19(15-27)13-20(12-18)16-27/h7-10,18-20,23-24,28H,11-17H2,1-6H3. The van der Waals surface area contributed by atoms with Gasteiger partial charge in [0.25, 0.3) is 0 Å². The van der Waals surface area contributed by atoms with Crippen LogP contribution in [0.3, 0.4) is 0 Å². The van der Waals surface area contributed by atoms with Crippen molar-refractivity contribution in [1.82, 2.24) is 0 Å². The van der Waals surface area contributed by atoms with Gasteiger partial charge in [-0.3, -0.25) is 0 Å². The molecule has 2 unspecified atom stereocenters. The van der Waals surface area contributed by atoms with E-state index >= 15 is 0 Å². The molecule has 28 heavy (non-hydrogen) atoms. The van der Waals surface area contributed by atoms with Crippen LogP contribution in [0.2, 0.25) is 0 Å². The zero-order valence-electron chi connectivity index (χ0n) is 19.1. The molecule has 1 heteroatoms. The lowest BCUT2D eigenvalue weighted by Gasteiger charge is -2.58. The zero-order chi connectivity index (χ0) is 20.3. The number of aliphatic hydroxyl groups excluding tert-OH is 1. The molecule has 1 nitrogen and oxygen atoms in total. The minimum absolute atomic E-state index is 0.172. The second-order valence-electron chi connectivity index (χ2n) is 13.0. The smallest absolute Gasteiger partial charge is 0.0846 e. The van der Waals surface area contributed by atoms with Crippen LogP contribution in [-0.4, -0.2) is 5.11 Å². The minimum Gasteiger partial charge on any atom is -0.388 e. The Hall–Kier alpha value is -0.820. The van der Waals surface area contributed by atoms with E-state index in [-0.39, 0.29) is 16.9 Å². The molecule has 156 valence electrons. The van der Waals surface area contributed by atoms with Gasteiger partial charge in [0.05, 0.1) is 6.10 Å². The van der Waals surface area contributed by atoms with Crippen LogP contribution in [0, 0.1) is 34.0 Å². The van der Waals surface area contributed by atoms with Gasteiger partial charge in [0, 0.05) is 5.41 Å². The molecule has 1 aromatic carbocycles. The molecular weight excluding hydrogens is 340 g/mol. The van der Waals surface area contributed by atoms with Crippen LogP contribution in [0.15, 0.2) is 24.3 Å². The average molecular weight is 383 g/mol. The fraction of sp³-hybridized carbons (Fsp3) is 0.778. The first-order valence-electron chi connectivity index (χ1n) is 11.7. The van der Waals surface area contributed by atoms with Crippen molar-refractivity contribution in [3.63, 3.8) is 0 Å². The molecule has 0 spiro atoms. The van der Waals surface area contributed by atoms with Crippen molar-refractivity contribution in [2.75, 3.05) is 0 Å². The molecule has 2 atom stereocenters. The summed E-state index contributed by atoms with van der Waals surface area (Å²) in [6.45, 7) is 14.1. The van der Waals surface area contributed by atoms with Gasteiger partial charge in [-0.2, -0.15) is 0 Å². The molecule has 0 amide bonds. The summed E-state index contributed by atoms with van der Waals surface area (Å²) in [5.41, 5.74) is 3.33. The third-order valence-corrected chi connectivity index (χ3v) is 8.18. The summed E-state index contributed by atoms with van der Waals surface area (Å²) in [6.07, 6.45) is 9.00. The lowest BCUT2D eigenvalue weighted by Crippen LogP contribution is -2.48. The van der Waals surface area contributed by atoms with Gasteiger partial charge in [0.15, 0.2) is 0 Å². The molecule has 0 saturated heterocycles. The molecule has 4 aliphatic carbocycles. The summed E-state index contributed by atoms with van der Waals surface area (Å²) < 4.78 is 0. The average Bonchev–Trinajstić information content (AvgIpc) is 2.56. The highest BCUT2D eigenvalue weighted by Gasteiger charge is 2.54. The first-order valence-corrected chi connectivity index (χ1v) is 11.7. The van der Waals surface area contributed by atoms with Crippen molar-refractivity contribution in [3.8, 4) is 0 Å². The number of hydrogen-bond donors (Lipinski definition) is 1. The van der Waals surface area contributed by atoms with Gasteiger partial charge >= 0.3 is 0 Å². The van der Waals surface area contributed by atoms with Gasteiger partial charge in [-0.15, -0.1) is 0 Å². The SMILES string of the molecule is CC(C)(C)CC(c1ccc(C(O)C23CC4CC(CC(C4)C2)C3)cc1)C(C)(C)C. The van der Waals surface area contributed by atoms with Gasteiger partial charge in [0.1, 0.15) is 0 Å². The van der Waals surface area contributed by atoms with Crippen molar-refractivity contribution in [3.05, 3.63) is 35.4 Å². The molecule has 0 aliphatic heterocycles. The molecule has 0 aromatic heterocycles. The lowest BCUT2D eigenvalue weighted by molar-refractivity contribution is -0.122. The Morgan fingerprint density at radius 1 is 0.821 bits per heavy atom. The Labute approximate surface area is 173 Å². The molecule has 4 bridgehead atoms. The summed E-state index contributed by atoms with van der Waals surface area (Å²) in [7, 11) is 0. The predicted octanol–water partition coefficient (Wildman–Crippen LogP) is 7.50. The van der Waals surface area contributed by atoms with Crippen molar-refractivity contribution in [2.45, 2.75) is 98.5 Å². The highest BCUT2D eigenvalue weighted by Crippen LogP contribution is 2.64. The van der Waals surface area contributed by atoms with Crippen LogP contribution in [0.25, 0.3) is 0 Å². The summed E-state index contributed by atoms with van der Waals surface area (Å²) in [6, 6.07) is 9.14. The van der Waals surface area contributed by atoms with Crippen LogP contribution in [0.4, 0.5) is 0 Å². The second-order valence-corrected chi connectivity index (χ2v) is 13.0. The monoisotopic (exact) mass is 382 g/mol. The maximum absolute atomic E-state index is 11.5. The number of rotatable bonds is 4. The van der Waals surface area contributed by atoms with E-state index < -0.39 is 0 Å².